The minimum Gasteiger partial charge on any atom is -0.491 e. The second-order valence-electron chi connectivity index (χ2n) is 10.3. The van der Waals surface area contributed by atoms with Crippen molar-refractivity contribution in [2.24, 2.45) is 0 Å². The minimum absolute atomic E-state index is 0.00992. The van der Waals surface area contributed by atoms with Crippen LogP contribution in [0.25, 0.3) is 0 Å². The third kappa shape index (κ3) is 5.36. The number of benzene rings is 2. The number of carbonyl (C=O) groups is 2. The normalized spacial score (nSPS) is 16.1. The van der Waals surface area contributed by atoms with Gasteiger partial charge in [0, 0.05) is 23.0 Å². The van der Waals surface area contributed by atoms with Crippen LogP contribution < -0.4 is 14.2 Å². The van der Waals surface area contributed by atoms with Crippen molar-refractivity contribution >= 4 is 23.2 Å². The zero-order valence-corrected chi connectivity index (χ0v) is 23.1. The van der Waals surface area contributed by atoms with E-state index in [0.717, 1.165) is 17.7 Å². The zero-order valence-electron chi connectivity index (χ0n) is 22.3. The van der Waals surface area contributed by atoms with Crippen LogP contribution in [0.2, 0.25) is 0 Å². The van der Waals surface area contributed by atoms with Gasteiger partial charge in [0.15, 0.2) is 11.5 Å². The Morgan fingerprint density at radius 1 is 1.05 bits per heavy atom. The molecule has 3 aromatic rings. The molecule has 0 saturated heterocycles. The molecule has 2 aliphatic heterocycles. The predicted molar refractivity (Wildman–Crippen MR) is 147 cm³/mol. The highest BCUT2D eigenvalue weighted by molar-refractivity contribution is 7.10. The summed E-state index contributed by atoms with van der Waals surface area (Å²) in [6.45, 7) is 9.26. The zero-order chi connectivity index (χ0) is 26.8. The molecule has 2 aromatic carbocycles. The average molecular weight is 535 g/mol. The number of ether oxygens (including phenoxy) is 3. The Morgan fingerprint density at radius 3 is 2.55 bits per heavy atom. The topological polar surface area (TPSA) is 68.3 Å². The quantitative estimate of drug-likeness (QED) is 0.373. The van der Waals surface area contributed by atoms with Crippen molar-refractivity contribution in [1.29, 1.82) is 0 Å². The molecule has 2 aliphatic rings. The Morgan fingerprint density at radius 2 is 1.82 bits per heavy atom. The standard InChI is InChI=1S/C30H34N2O5S/c1-19(2)21-5-8-23(9-6-21)35-17-25-24-12-14-38-28(24)11-13-31(25)29(33)16-32(20(3)4)30(34)22-7-10-26-27(15-22)37-18-36-26/h5-10,12,14-15,19-20,25H,11,13,16-18H2,1-4H3/t25-/m0/s1. The van der Waals surface area contributed by atoms with Crippen LogP contribution in [0, 0.1) is 0 Å². The summed E-state index contributed by atoms with van der Waals surface area (Å²) in [5, 5.41) is 2.08. The van der Waals surface area contributed by atoms with Gasteiger partial charge in [-0.3, -0.25) is 9.59 Å². The highest BCUT2D eigenvalue weighted by atomic mass is 32.1. The first-order valence-corrected chi connectivity index (χ1v) is 14.0. The molecule has 2 amide bonds. The van der Waals surface area contributed by atoms with Crippen LogP contribution in [0.1, 0.15) is 66.0 Å². The van der Waals surface area contributed by atoms with Gasteiger partial charge in [0.1, 0.15) is 18.9 Å². The lowest BCUT2D eigenvalue weighted by atomic mass is 10.00. The fourth-order valence-corrected chi connectivity index (χ4v) is 5.85. The number of nitrogens with zero attached hydrogens (tertiary/aromatic N) is 2. The number of carbonyl (C=O) groups excluding carboxylic acids is 2. The molecule has 0 radical (unpaired) electrons. The summed E-state index contributed by atoms with van der Waals surface area (Å²) in [5.41, 5.74) is 2.86. The van der Waals surface area contributed by atoms with Crippen LogP contribution in [0.5, 0.6) is 17.2 Å². The molecule has 0 N–H and O–H groups in total. The van der Waals surface area contributed by atoms with Gasteiger partial charge < -0.3 is 24.0 Å². The molecule has 1 atom stereocenters. The summed E-state index contributed by atoms with van der Waals surface area (Å²) in [7, 11) is 0. The summed E-state index contributed by atoms with van der Waals surface area (Å²) in [6.07, 6.45) is 0.802. The van der Waals surface area contributed by atoms with Gasteiger partial charge in [0.05, 0.1) is 6.04 Å². The molecule has 200 valence electrons. The summed E-state index contributed by atoms with van der Waals surface area (Å²) in [5.74, 6) is 2.10. The van der Waals surface area contributed by atoms with E-state index in [9.17, 15) is 9.59 Å². The molecule has 3 heterocycles. The van der Waals surface area contributed by atoms with E-state index in [2.05, 4.69) is 37.4 Å². The lowest BCUT2D eigenvalue weighted by Gasteiger charge is -2.37. The van der Waals surface area contributed by atoms with Gasteiger partial charge in [0.25, 0.3) is 5.91 Å². The lowest BCUT2D eigenvalue weighted by molar-refractivity contribution is -0.136. The number of hydrogen-bond donors (Lipinski definition) is 0. The molecule has 5 rings (SSSR count). The number of rotatable bonds is 8. The van der Waals surface area contributed by atoms with Crippen LogP contribution >= 0.6 is 11.3 Å². The van der Waals surface area contributed by atoms with Crippen molar-refractivity contribution in [2.45, 2.75) is 52.1 Å². The van der Waals surface area contributed by atoms with Crippen LogP contribution in [-0.2, 0) is 11.2 Å². The Hall–Kier alpha value is -3.52. The molecule has 0 spiro atoms. The second kappa shape index (κ2) is 11.1. The van der Waals surface area contributed by atoms with Crippen molar-refractivity contribution < 1.29 is 23.8 Å². The Labute approximate surface area is 227 Å². The maximum absolute atomic E-state index is 13.7. The maximum Gasteiger partial charge on any atom is 0.254 e. The Bertz CT molecular complexity index is 1300. The molecule has 0 fully saturated rings. The number of thiophene rings is 1. The van der Waals surface area contributed by atoms with E-state index < -0.39 is 0 Å². The van der Waals surface area contributed by atoms with Gasteiger partial charge >= 0.3 is 0 Å². The summed E-state index contributed by atoms with van der Waals surface area (Å²) in [6, 6.07) is 15.0. The molecular formula is C30H34N2O5S. The van der Waals surface area contributed by atoms with Gasteiger partial charge in [0.2, 0.25) is 12.7 Å². The van der Waals surface area contributed by atoms with E-state index in [1.54, 1.807) is 34.4 Å². The summed E-state index contributed by atoms with van der Waals surface area (Å²) < 4.78 is 17.0. The smallest absolute Gasteiger partial charge is 0.254 e. The Kier molecular flexibility index (Phi) is 7.61. The third-order valence-corrected chi connectivity index (χ3v) is 8.18. The first-order valence-electron chi connectivity index (χ1n) is 13.1. The average Bonchev–Trinajstić information content (AvgIpc) is 3.59. The molecule has 0 unspecified atom stereocenters. The van der Waals surface area contributed by atoms with Crippen LogP contribution in [-0.4, -0.2) is 54.1 Å². The van der Waals surface area contributed by atoms with Gasteiger partial charge in [-0.25, -0.2) is 0 Å². The van der Waals surface area contributed by atoms with E-state index in [0.29, 0.717) is 36.1 Å². The predicted octanol–water partition coefficient (Wildman–Crippen LogP) is 5.66. The highest BCUT2D eigenvalue weighted by Crippen LogP contribution is 2.35. The third-order valence-electron chi connectivity index (χ3n) is 7.18. The number of fused-ring (bicyclic) bond motifs is 2. The van der Waals surface area contributed by atoms with Gasteiger partial charge in [-0.1, -0.05) is 26.0 Å². The van der Waals surface area contributed by atoms with E-state index in [-0.39, 0.29) is 37.2 Å². The molecule has 8 heteroatoms. The molecule has 0 aliphatic carbocycles. The van der Waals surface area contributed by atoms with Crippen molar-refractivity contribution in [3.05, 3.63) is 75.5 Å². The lowest BCUT2D eigenvalue weighted by Crippen LogP contribution is -2.49. The van der Waals surface area contributed by atoms with E-state index >= 15 is 0 Å². The fraction of sp³-hybridized carbons (Fsp3) is 0.400. The van der Waals surface area contributed by atoms with Gasteiger partial charge in [-0.15, -0.1) is 11.3 Å². The number of amides is 2. The van der Waals surface area contributed by atoms with Crippen molar-refractivity contribution in [3.63, 3.8) is 0 Å². The fourth-order valence-electron chi connectivity index (χ4n) is 4.92. The largest absolute Gasteiger partial charge is 0.491 e. The number of hydrogen-bond acceptors (Lipinski definition) is 6. The van der Waals surface area contributed by atoms with Crippen molar-refractivity contribution in [1.82, 2.24) is 9.80 Å². The molecule has 7 nitrogen and oxygen atoms in total. The SMILES string of the molecule is CC(C)c1ccc(OC[C@H]2c3ccsc3CCN2C(=O)CN(C(=O)c2ccc3c(c2)OCO3)C(C)C)cc1. The summed E-state index contributed by atoms with van der Waals surface area (Å²) >= 11 is 1.72. The Balaban J connectivity index is 1.32. The minimum atomic E-state index is -0.211. The first kappa shape index (κ1) is 26.1. The molecule has 0 saturated carbocycles. The van der Waals surface area contributed by atoms with Crippen LogP contribution in [0.3, 0.4) is 0 Å². The highest BCUT2D eigenvalue weighted by Gasteiger charge is 2.34. The molecule has 38 heavy (non-hydrogen) atoms. The van der Waals surface area contributed by atoms with Gasteiger partial charge in [-0.05, 0) is 79.1 Å². The van der Waals surface area contributed by atoms with Gasteiger partial charge in [-0.2, -0.15) is 0 Å². The van der Waals surface area contributed by atoms with Crippen molar-refractivity contribution in [2.75, 3.05) is 26.5 Å². The first-order chi connectivity index (χ1) is 18.3. The summed E-state index contributed by atoms with van der Waals surface area (Å²) in [4.78, 5) is 32.0. The van der Waals surface area contributed by atoms with Crippen LogP contribution in [0.15, 0.2) is 53.9 Å². The van der Waals surface area contributed by atoms with E-state index in [1.165, 1.54) is 10.4 Å². The van der Waals surface area contributed by atoms with Crippen molar-refractivity contribution in [3.8, 4) is 17.2 Å². The second-order valence-corrected chi connectivity index (χ2v) is 11.3. The van der Waals surface area contributed by atoms with E-state index in [1.807, 2.05) is 30.9 Å². The van der Waals surface area contributed by atoms with Crippen LogP contribution in [0.4, 0.5) is 0 Å². The van der Waals surface area contributed by atoms with E-state index in [4.69, 9.17) is 14.2 Å². The monoisotopic (exact) mass is 534 g/mol. The molecule has 0 bridgehead atoms. The molecular weight excluding hydrogens is 500 g/mol. The molecule has 1 aromatic heterocycles. The maximum atomic E-state index is 13.7.